The van der Waals surface area contributed by atoms with Crippen molar-refractivity contribution in [1.82, 2.24) is 54.7 Å². The Balaban J connectivity index is 0.00000988. The minimum absolute atomic E-state index is 0. The van der Waals surface area contributed by atoms with Gasteiger partial charge < -0.3 is 61.4 Å². The van der Waals surface area contributed by atoms with Gasteiger partial charge in [-0.3, -0.25) is 9.59 Å². The van der Waals surface area contributed by atoms with Crippen molar-refractivity contribution < 1.29 is 28.9 Å². The minimum atomic E-state index is -0.693. The molecule has 0 spiro atoms. The number of rotatable bonds is 29. The number of ether oxygens (including phenoxy) is 3. The van der Waals surface area contributed by atoms with Crippen LogP contribution in [0, 0.1) is 24.2 Å². The summed E-state index contributed by atoms with van der Waals surface area (Å²) < 4.78 is 19.9. The van der Waals surface area contributed by atoms with Crippen molar-refractivity contribution in [2.45, 2.75) is 90.4 Å². The summed E-state index contributed by atoms with van der Waals surface area (Å²) in [5, 5.41) is 30.9. The first-order valence-corrected chi connectivity index (χ1v) is 25.5. The number of carbonyl (C=O) groups is 2. The Morgan fingerprint density at radius 3 is 1.73 bits per heavy atom. The Hall–Kier alpha value is -5.74. The number of nitrogens with zero attached hydrogens (tertiary/aromatic N) is 13. The van der Waals surface area contributed by atoms with Gasteiger partial charge in [0.1, 0.15) is 24.4 Å². The lowest BCUT2D eigenvalue weighted by Gasteiger charge is -2.38. The van der Waals surface area contributed by atoms with Crippen molar-refractivity contribution >= 4 is 42.1 Å². The Morgan fingerprint density at radius 2 is 1.22 bits per heavy atom. The lowest BCUT2D eigenvalue weighted by molar-refractivity contribution is -0.136. The molecule has 2 unspecified atom stereocenters. The molecule has 6 rings (SSSR count). The third-order valence-corrected chi connectivity index (χ3v) is 13.6. The number of anilines is 3. The highest BCUT2D eigenvalue weighted by atomic mass is 35.5. The van der Waals surface area contributed by atoms with Crippen LogP contribution in [0.25, 0.3) is 0 Å². The van der Waals surface area contributed by atoms with E-state index in [9.17, 15) is 14.7 Å². The van der Waals surface area contributed by atoms with E-state index >= 15 is 0 Å². The summed E-state index contributed by atoms with van der Waals surface area (Å²) in [6.45, 7) is 15.1. The molecule has 402 valence electrons. The number of hydrogen-bond donors (Lipinski definition) is 5. The lowest BCUT2D eigenvalue weighted by atomic mass is 9.98. The zero-order chi connectivity index (χ0) is 51.4. The Kier molecular flexibility index (Phi) is 23.8. The summed E-state index contributed by atoms with van der Waals surface area (Å²) in [6.07, 6.45) is 13.1. The first kappa shape index (κ1) is 58.2. The number of phenols is 1. The molecule has 24 heteroatoms. The van der Waals surface area contributed by atoms with Gasteiger partial charge in [0.05, 0.1) is 68.9 Å². The quantitative estimate of drug-likeness (QED) is 0.0386. The highest BCUT2D eigenvalue weighted by molar-refractivity contribution is 5.85. The average molecular weight is 1040 g/mol. The first-order chi connectivity index (χ1) is 34.9. The molecule has 5 heterocycles. The fourth-order valence-corrected chi connectivity index (χ4v) is 8.48. The normalized spacial score (nSPS) is 16.5. The van der Waals surface area contributed by atoms with E-state index in [-0.39, 0.29) is 60.5 Å². The number of terminal acetylenes is 1. The van der Waals surface area contributed by atoms with Crippen molar-refractivity contribution in [3.8, 4) is 18.1 Å². The third-order valence-electron chi connectivity index (χ3n) is 13.6. The van der Waals surface area contributed by atoms with Gasteiger partial charge in [0.2, 0.25) is 29.7 Å². The van der Waals surface area contributed by atoms with E-state index in [2.05, 4.69) is 69.4 Å². The maximum Gasteiger partial charge on any atom is 0.247 e. The van der Waals surface area contributed by atoms with Crippen LogP contribution in [0.3, 0.4) is 0 Å². The van der Waals surface area contributed by atoms with Crippen LogP contribution in [0.5, 0.6) is 5.75 Å². The van der Waals surface area contributed by atoms with Crippen LogP contribution in [0.1, 0.15) is 101 Å². The molecule has 2 aliphatic rings. The first-order valence-electron chi connectivity index (χ1n) is 25.5. The number of carbonyl (C=O) groups excluding carboxylic acids is 2. The molecule has 23 nitrogen and oxygen atoms in total. The number of piperazine rings is 2. The van der Waals surface area contributed by atoms with E-state index in [1.807, 2.05) is 16.0 Å². The molecule has 3 aromatic heterocycles. The molecule has 2 fully saturated rings. The van der Waals surface area contributed by atoms with E-state index in [0.29, 0.717) is 141 Å². The topological polar surface area (TPSA) is 285 Å². The zero-order valence-corrected chi connectivity index (χ0v) is 43.8. The number of amides is 2. The van der Waals surface area contributed by atoms with Crippen LogP contribution in [-0.2, 0) is 30.2 Å². The second kappa shape index (κ2) is 29.8. The molecule has 2 amide bonds. The van der Waals surface area contributed by atoms with Crippen LogP contribution < -0.4 is 32.3 Å². The van der Waals surface area contributed by atoms with E-state index < -0.39 is 12.1 Å². The highest BCUT2D eigenvalue weighted by Crippen LogP contribution is 2.27. The second-order valence-corrected chi connectivity index (χ2v) is 18.5. The van der Waals surface area contributed by atoms with Crippen LogP contribution in [-0.4, -0.2) is 177 Å². The number of aromatic hydroxyl groups is 1. The molecule has 0 saturated carbocycles. The number of phenolic OH excluding ortho intramolecular Hbond substituents is 1. The smallest absolute Gasteiger partial charge is 0.247 e. The second-order valence-electron chi connectivity index (χ2n) is 18.5. The molecule has 8 N–H and O–H groups in total. The largest absolute Gasteiger partial charge is 0.508 e. The molecule has 0 bridgehead atoms. The summed E-state index contributed by atoms with van der Waals surface area (Å²) in [6, 6.07) is 5.01. The van der Waals surface area contributed by atoms with Gasteiger partial charge in [-0.25, -0.2) is 9.36 Å². The Bertz CT molecular complexity index is 2300. The predicted octanol–water partition coefficient (Wildman–Crippen LogP) is 2.52. The van der Waals surface area contributed by atoms with Gasteiger partial charge in [0.25, 0.3) is 0 Å². The van der Waals surface area contributed by atoms with E-state index in [4.69, 9.17) is 52.8 Å². The molecule has 0 aliphatic carbocycles. The molecular weight excluding hydrogens is 958 g/mol. The standard InChI is InChI=1S/C49H77N17O6.ClH/c1-6-26-70-28-30-72-31-29-71-27-17-53-47-54-48(63-22-18-61(19-23-63)45(68)41(11-9-10-16-50)65-33-39(57-59-65)43(51)35(4)7-2)56-49(55-47)64-24-20-62(21-25-64)46(69)42(32-37-12-14-38(67)15-13-37)66-34-40(58-60-66)44(52)36(5)8-3;/h1,12-15,33-36,41-44,67H,7-11,16-32,50-52H2,2-5H3,(H,53,54,55,56);1H/t35?,36?,41-,42+,43-,44-;/m0./s1. The number of unbranched alkanes of at least 4 members (excludes halogenated alkanes) is 1. The van der Waals surface area contributed by atoms with Crippen LogP contribution in [0.4, 0.5) is 17.8 Å². The number of hydrogen-bond acceptors (Lipinski definition) is 19. The van der Waals surface area contributed by atoms with Gasteiger partial charge in [0, 0.05) is 65.3 Å². The predicted molar refractivity (Wildman–Crippen MR) is 280 cm³/mol. The molecule has 0 radical (unpaired) electrons. The van der Waals surface area contributed by atoms with Gasteiger partial charge in [0.15, 0.2) is 0 Å². The van der Waals surface area contributed by atoms with E-state index in [1.165, 1.54) is 0 Å². The fraction of sp³-hybridized carbons (Fsp3) is 0.653. The zero-order valence-electron chi connectivity index (χ0n) is 43.0. The highest BCUT2D eigenvalue weighted by Gasteiger charge is 2.34. The molecular formula is C49H78ClN17O6. The summed E-state index contributed by atoms with van der Waals surface area (Å²) >= 11 is 0. The molecule has 2 saturated heterocycles. The third kappa shape index (κ3) is 16.6. The van der Waals surface area contributed by atoms with Crippen LogP contribution in [0.15, 0.2) is 36.7 Å². The summed E-state index contributed by atoms with van der Waals surface area (Å²) in [4.78, 5) is 51.3. The van der Waals surface area contributed by atoms with Crippen molar-refractivity contribution in [1.29, 1.82) is 0 Å². The maximum atomic E-state index is 14.5. The average Bonchev–Trinajstić information content (AvgIpc) is 4.11. The molecule has 2 aliphatic heterocycles. The van der Waals surface area contributed by atoms with Crippen molar-refractivity contribution in [3.63, 3.8) is 0 Å². The van der Waals surface area contributed by atoms with Gasteiger partial charge in [-0.05, 0) is 55.3 Å². The van der Waals surface area contributed by atoms with E-state index in [0.717, 1.165) is 31.2 Å². The van der Waals surface area contributed by atoms with Gasteiger partial charge in [-0.15, -0.1) is 29.0 Å². The number of benzene rings is 1. The molecule has 6 atom stereocenters. The maximum absolute atomic E-state index is 14.5. The van der Waals surface area contributed by atoms with Crippen LogP contribution >= 0.6 is 12.4 Å². The molecule has 73 heavy (non-hydrogen) atoms. The molecule has 4 aromatic rings. The fourth-order valence-electron chi connectivity index (χ4n) is 8.48. The monoisotopic (exact) mass is 1040 g/mol. The molecule has 1 aromatic carbocycles. The van der Waals surface area contributed by atoms with Crippen molar-refractivity contribution in [2.24, 2.45) is 29.0 Å². The van der Waals surface area contributed by atoms with Gasteiger partial charge in [-0.1, -0.05) is 69.0 Å². The van der Waals surface area contributed by atoms with E-state index in [1.54, 1.807) is 39.8 Å². The minimum Gasteiger partial charge on any atom is -0.508 e. The summed E-state index contributed by atoms with van der Waals surface area (Å²) in [7, 11) is 0. The number of nitrogens with one attached hydrogen (secondary N) is 1. The van der Waals surface area contributed by atoms with Gasteiger partial charge in [-0.2, -0.15) is 15.0 Å². The van der Waals surface area contributed by atoms with Crippen molar-refractivity contribution in [2.75, 3.05) is 120 Å². The Morgan fingerprint density at radius 1 is 0.726 bits per heavy atom. The number of nitrogens with two attached hydrogens (primary N) is 3. The summed E-state index contributed by atoms with van der Waals surface area (Å²) in [5.74, 6) is 4.14. The lowest BCUT2D eigenvalue weighted by Crippen LogP contribution is -2.52. The van der Waals surface area contributed by atoms with Gasteiger partial charge >= 0.3 is 0 Å². The number of aromatic nitrogens is 9. The SMILES string of the molecule is C#CCOCCOCCOCCNc1nc(N2CCN(C(=O)[C@@H](Cc3ccc(O)cc3)n3cc([C@@H](N)C(C)CC)nn3)CC2)nc(N2CCN(C(=O)[C@H](CCCCN)n3cc([C@@H](N)C(C)CC)nn3)CC2)n1.Cl. The van der Waals surface area contributed by atoms with Crippen molar-refractivity contribution in [3.05, 3.63) is 53.6 Å². The van der Waals surface area contributed by atoms with Crippen LogP contribution in [0.2, 0.25) is 0 Å². The number of halogens is 1. The Labute approximate surface area is 435 Å². The summed E-state index contributed by atoms with van der Waals surface area (Å²) in [5.41, 5.74) is 21.1.